The normalized spacial score (nSPS) is 23.5. The van der Waals surface area contributed by atoms with Crippen LogP contribution in [0, 0.1) is 0 Å². The molecule has 0 N–H and O–H groups in total. The second-order valence-corrected chi connectivity index (χ2v) is 8.82. The highest BCUT2D eigenvalue weighted by Crippen LogP contribution is 2.44. The molecule has 2 aromatic carbocycles. The summed E-state index contributed by atoms with van der Waals surface area (Å²) in [5.74, 6) is 2.06. The maximum absolute atomic E-state index is 5.63. The number of rotatable bonds is 5. The average molecular weight is 421 g/mol. The Kier molecular flexibility index (Phi) is 5.97. The number of fused-ring (bicyclic) bond motifs is 3. The number of aliphatic imine (C=N–C) groups is 1. The predicted molar refractivity (Wildman–Crippen MR) is 123 cm³/mol. The van der Waals surface area contributed by atoms with Crippen LogP contribution in [0.15, 0.2) is 41.4 Å². The zero-order valence-corrected chi connectivity index (χ0v) is 18.6. The van der Waals surface area contributed by atoms with Crippen LogP contribution < -0.4 is 9.47 Å². The van der Waals surface area contributed by atoms with Crippen LogP contribution in [-0.4, -0.2) is 57.2 Å². The lowest BCUT2D eigenvalue weighted by atomic mass is 9.75. The highest BCUT2D eigenvalue weighted by atomic mass is 16.5. The second-order valence-electron chi connectivity index (χ2n) is 8.82. The Labute approximate surface area is 185 Å². The summed E-state index contributed by atoms with van der Waals surface area (Å²) in [5, 5.41) is 0. The molecule has 164 valence electrons. The summed E-state index contributed by atoms with van der Waals surface area (Å²) < 4.78 is 16.7. The van der Waals surface area contributed by atoms with E-state index in [1.807, 2.05) is 0 Å². The molecule has 1 saturated carbocycles. The SMILES string of the molecule is COc1cc2c(cc1OC)[C@H]1CCCC[C@H]1N=C2c1ccc(CN2CCOCC2)cc1. The molecule has 5 rings (SSSR count). The lowest BCUT2D eigenvalue weighted by Crippen LogP contribution is -2.35. The lowest BCUT2D eigenvalue weighted by molar-refractivity contribution is 0.0342. The topological polar surface area (TPSA) is 43.3 Å². The fourth-order valence-electron chi connectivity index (χ4n) is 5.29. The first-order valence-electron chi connectivity index (χ1n) is 11.5. The van der Waals surface area contributed by atoms with E-state index in [0.717, 1.165) is 56.5 Å². The molecule has 5 heteroatoms. The van der Waals surface area contributed by atoms with Crippen LogP contribution in [0.1, 0.15) is 53.9 Å². The molecule has 2 fully saturated rings. The van der Waals surface area contributed by atoms with Gasteiger partial charge in [-0.15, -0.1) is 0 Å². The van der Waals surface area contributed by atoms with E-state index < -0.39 is 0 Å². The van der Waals surface area contributed by atoms with E-state index in [0.29, 0.717) is 12.0 Å². The van der Waals surface area contributed by atoms with E-state index in [-0.39, 0.29) is 0 Å². The summed E-state index contributed by atoms with van der Waals surface area (Å²) >= 11 is 0. The van der Waals surface area contributed by atoms with Gasteiger partial charge in [0.2, 0.25) is 0 Å². The first-order valence-corrected chi connectivity index (χ1v) is 11.5. The molecule has 31 heavy (non-hydrogen) atoms. The highest BCUT2D eigenvalue weighted by molar-refractivity contribution is 6.15. The molecule has 0 aromatic heterocycles. The lowest BCUT2D eigenvalue weighted by Gasteiger charge is -2.35. The molecule has 2 atom stereocenters. The third-order valence-corrected chi connectivity index (χ3v) is 6.97. The fraction of sp³-hybridized carbons (Fsp3) is 0.500. The van der Waals surface area contributed by atoms with E-state index in [4.69, 9.17) is 19.2 Å². The van der Waals surface area contributed by atoms with Crippen molar-refractivity contribution in [2.24, 2.45) is 4.99 Å². The van der Waals surface area contributed by atoms with Gasteiger partial charge in [-0.05, 0) is 36.1 Å². The zero-order valence-electron chi connectivity index (χ0n) is 18.6. The summed E-state index contributed by atoms with van der Waals surface area (Å²) in [6.45, 7) is 4.65. The van der Waals surface area contributed by atoms with Crippen molar-refractivity contribution in [2.45, 2.75) is 44.2 Å². The summed E-state index contributed by atoms with van der Waals surface area (Å²) in [7, 11) is 3.42. The standard InChI is InChI=1S/C26H32N2O3/c1-29-24-15-21-20-5-3-4-6-23(20)27-26(22(21)16-25(24)30-2)19-9-7-18(8-10-19)17-28-11-13-31-14-12-28/h7-10,15-16,20,23H,3-6,11-14,17H2,1-2H3/t20-,23-/m1/s1. The first-order chi connectivity index (χ1) is 15.3. The van der Waals surface area contributed by atoms with Gasteiger partial charge in [-0.3, -0.25) is 9.89 Å². The third-order valence-electron chi connectivity index (χ3n) is 6.97. The van der Waals surface area contributed by atoms with Crippen LogP contribution in [0.4, 0.5) is 0 Å². The Hall–Kier alpha value is -2.37. The minimum atomic E-state index is 0.363. The second kappa shape index (κ2) is 9.01. The summed E-state index contributed by atoms with van der Waals surface area (Å²) in [4.78, 5) is 7.74. The summed E-state index contributed by atoms with van der Waals surface area (Å²) in [6, 6.07) is 13.7. The van der Waals surface area contributed by atoms with E-state index >= 15 is 0 Å². The van der Waals surface area contributed by atoms with E-state index in [9.17, 15) is 0 Å². The molecule has 0 bridgehead atoms. The number of morpholine rings is 1. The number of methoxy groups -OCH3 is 2. The first kappa shape index (κ1) is 20.5. The Balaban J connectivity index is 1.48. The monoisotopic (exact) mass is 420 g/mol. The van der Waals surface area contributed by atoms with E-state index in [2.05, 4.69) is 41.3 Å². The van der Waals surface area contributed by atoms with E-state index in [1.54, 1.807) is 14.2 Å². The number of benzene rings is 2. The van der Waals surface area contributed by atoms with Gasteiger partial charge < -0.3 is 14.2 Å². The minimum absolute atomic E-state index is 0.363. The van der Waals surface area contributed by atoms with Crippen LogP contribution in [0.5, 0.6) is 11.5 Å². The van der Waals surface area contributed by atoms with Crippen molar-refractivity contribution in [2.75, 3.05) is 40.5 Å². The highest BCUT2D eigenvalue weighted by Gasteiger charge is 2.34. The quantitative estimate of drug-likeness (QED) is 0.719. The molecular weight excluding hydrogens is 388 g/mol. The van der Waals surface area contributed by atoms with Crippen LogP contribution in [-0.2, 0) is 11.3 Å². The minimum Gasteiger partial charge on any atom is -0.493 e. The van der Waals surface area contributed by atoms with Gasteiger partial charge in [-0.2, -0.15) is 0 Å². The molecule has 0 unspecified atom stereocenters. The molecule has 2 aromatic rings. The molecular formula is C26H32N2O3. The van der Waals surface area contributed by atoms with Gasteiger partial charge >= 0.3 is 0 Å². The molecule has 5 nitrogen and oxygen atoms in total. The average Bonchev–Trinajstić information content (AvgIpc) is 2.84. The Morgan fingerprint density at radius 3 is 2.42 bits per heavy atom. The van der Waals surface area contributed by atoms with Gasteiger partial charge in [0.05, 0.1) is 39.2 Å². The van der Waals surface area contributed by atoms with Crippen molar-refractivity contribution in [3.8, 4) is 11.5 Å². The van der Waals surface area contributed by atoms with Crippen LogP contribution in [0.2, 0.25) is 0 Å². The van der Waals surface area contributed by atoms with Crippen LogP contribution in [0.3, 0.4) is 0 Å². The van der Waals surface area contributed by atoms with Crippen LogP contribution >= 0.6 is 0 Å². The number of nitrogens with zero attached hydrogens (tertiary/aromatic N) is 2. The van der Waals surface area contributed by atoms with Crippen molar-refractivity contribution in [3.63, 3.8) is 0 Å². The van der Waals surface area contributed by atoms with E-state index in [1.165, 1.54) is 41.5 Å². The Morgan fingerprint density at radius 2 is 1.68 bits per heavy atom. The molecule has 1 saturated heterocycles. The Bertz CT molecular complexity index is 948. The molecule has 2 heterocycles. The fourth-order valence-corrected chi connectivity index (χ4v) is 5.29. The molecule has 1 aliphatic carbocycles. The number of hydrogen-bond donors (Lipinski definition) is 0. The molecule has 0 amide bonds. The largest absolute Gasteiger partial charge is 0.493 e. The van der Waals surface area contributed by atoms with Crippen molar-refractivity contribution >= 4 is 5.71 Å². The number of ether oxygens (including phenoxy) is 3. The number of hydrogen-bond acceptors (Lipinski definition) is 5. The smallest absolute Gasteiger partial charge is 0.161 e. The van der Waals surface area contributed by atoms with Crippen LogP contribution in [0.25, 0.3) is 0 Å². The van der Waals surface area contributed by atoms with Crippen molar-refractivity contribution in [3.05, 3.63) is 58.7 Å². The van der Waals surface area contributed by atoms with Crippen molar-refractivity contribution in [1.29, 1.82) is 0 Å². The molecule has 0 spiro atoms. The zero-order chi connectivity index (χ0) is 21.2. The molecule has 0 radical (unpaired) electrons. The molecule has 3 aliphatic rings. The Morgan fingerprint density at radius 1 is 0.968 bits per heavy atom. The predicted octanol–water partition coefficient (Wildman–Crippen LogP) is 4.41. The van der Waals surface area contributed by atoms with Gasteiger partial charge in [-0.25, -0.2) is 0 Å². The van der Waals surface area contributed by atoms with Gasteiger partial charge in [-0.1, -0.05) is 37.1 Å². The van der Waals surface area contributed by atoms with Gasteiger partial charge in [0.25, 0.3) is 0 Å². The van der Waals surface area contributed by atoms with Gasteiger partial charge in [0.15, 0.2) is 11.5 Å². The van der Waals surface area contributed by atoms with Gasteiger partial charge in [0, 0.05) is 36.7 Å². The van der Waals surface area contributed by atoms with Crippen molar-refractivity contribution < 1.29 is 14.2 Å². The molecule has 2 aliphatic heterocycles. The van der Waals surface area contributed by atoms with Crippen molar-refractivity contribution in [1.82, 2.24) is 4.90 Å². The maximum Gasteiger partial charge on any atom is 0.161 e. The van der Waals surface area contributed by atoms with Gasteiger partial charge in [0.1, 0.15) is 0 Å². The summed E-state index contributed by atoms with van der Waals surface area (Å²) in [5.41, 5.74) is 6.18. The maximum atomic E-state index is 5.63. The summed E-state index contributed by atoms with van der Waals surface area (Å²) in [6.07, 6.45) is 4.90. The third kappa shape index (κ3) is 4.09.